The highest BCUT2D eigenvalue weighted by Gasteiger charge is 2.21. The number of rotatable bonds is 6. The molecule has 2 aromatic heterocycles. The number of nitrogens with two attached hydrogens (primary N) is 1. The molecule has 6 nitrogen and oxygen atoms in total. The first-order valence-corrected chi connectivity index (χ1v) is 11.4. The van der Waals surface area contributed by atoms with Crippen molar-refractivity contribution in [2.75, 3.05) is 10.5 Å². The van der Waals surface area contributed by atoms with Crippen molar-refractivity contribution < 1.29 is 12.8 Å². The van der Waals surface area contributed by atoms with Crippen molar-refractivity contribution in [1.82, 2.24) is 4.98 Å². The van der Waals surface area contributed by atoms with E-state index in [1.165, 1.54) is 17.8 Å². The summed E-state index contributed by atoms with van der Waals surface area (Å²) in [5.74, 6) is 0.955. The minimum Gasteiger partial charge on any atom is -0.443 e. The van der Waals surface area contributed by atoms with Crippen LogP contribution in [0.15, 0.2) is 81.1 Å². The van der Waals surface area contributed by atoms with Gasteiger partial charge in [0.15, 0.2) is 0 Å². The van der Waals surface area contributed by atoms with Crippen molar-refractivity contribution in [1.29, 1.82) is 0 Å². The summed E-state index contributed by atoms with van der Waals surface area (Å²) in [6.07, 6.45) is 0. The van der Waals surface area contributed by atoms with Gasteiger partial charge in [0.05, 0.1) is 11.4 Å². The maximum atomic E-state index is 12.9. The molecule has 0 bridgehead atoms. The van der Waals surface area contributed by atoms with Crippen LogP contribution in [0.1, 0.15) is 5.69 Å². The van der Waals surface area contributed by atoms with Gasteiger partial charge in [-0.05, 0) is 36.4 Å². The molecule has 0 fully saturated rings. The van der Waals surface area contributed by atoms with Gasteiger partial charge in [0.1, 0.15) is 11.4 Å². The van der Waals surface area contributed by atoms with E-state index in [0.717, 1.165) is 5.69 Å². The maximum Gasteiger partial charge on any atom is 0.295 e. The third-order valence-corrected chi connectivity index (χ3v) is 6.62. The van der Waals surface area contributed by atoms with Crippen LogP contribution < -0.4 is 10.5 Å². The van der Waals surface area contributed by atoms with E-state index < -0.39 is 10.0 Å². The number of pyridine rings is 1. The lowest BCUT2D eigenvalue weighted by Crippen LogP contribution is -2.12. The fourth-order valence-corrected chi connectivity index (χ4v) is 4.89. The molecule has 2 heterocycles. The van der Waals surface area contributed by atoms with E-state index in [-0.39, 0.29) is 5.09 Å². The Morgan fingerprint density at radius 2 is 1.90 bits per heavy atom. The van der Waals surface area contributed by atoms with E-state index in [2.05, 4.69) is 9.71 Å². The largest absolute Gasteiger partial charge is 0.443 e. The van der Waals surface area contributed by atoms with Gasteiger partial charge in [-0.1, -0.05) is 35.9 Å². The molecule has 0 amide bonds. The van der Waals surface area contributed by atoms with Gasteiger partial charge in [-0.2, -0.15) is 8.42 Å². The molecule has 148 valence electrons. The number of hydrogen-bond donors (Lipinski definition) is 2. The summed E-state index contributed by atoms with van der Waals surface area (Å²) >= 11 is 7.52. The highest BCUT2D eigenvalue weighted by molar-refractivity contribution is 7.98. The molecule has 0 spiro atoms. The SMILES string of the molecule is Nc1cccc(CSc2ccc(Cl)cc2NS(=O)(=O)c2cc3ccccc3o2)n1. The van der Waals surface area contributed by atoms with Crippen molar-refractivity contribution in [3.05, 3.63) is 77.4 Å². The van der Waals surface area contributed by atoms with Crippen LogP contribution in [0, 0.1) is 0 Å². The van der Waals surface area contributed by atoms with Crippen LogP contribution in [0.25, 0.3) is 11.0 Å². The summed E-state index contributed by atoms with van der Waals surface area (Å²) in [5, 5.41) is 0.965. The van der Waals surface area contributed by atoms with Crippen LogP contribution >= 0.6 is 23.4 Å². The topological polar surface area (TPSA) is 98.2 Å². The molecule has 0 unspecified atom stereocenters. The van der Waals surface area contributed by atoms with E-state index in [4.69, 9.17) is 21.8 Å². The molecule has 9 heteroatoms. The number of thioether (sulfide) groups is 1. The first kappa shape index (κ1) is 19.6. The Labute approximate surface area is 177 Å². The highest BCUT2D eigenvalue weighted by atomic mass is 35.5. The van der Waals surface area contributed by atoms with Gasteiger partial charge in [-0.25, -0.2) is 4.98 Å². The van der Waals surface area contributed by atoms with Crippen LogP contribution in [-0.4, -0.2) is 13.4 Å². The summed E-state index contributed by atoms with van der Waals surface area (Å²) < 4.78 is 33.8. The number of benzene rings is 2. The number of fused-ring (bicyclic) bond motifs is 1. The molecule has 0 saturated carbocycles. The lowest BCUT2D eigenvalue weighted by molar-refractivity contribution is 0.484. The first-order valence-electron chi connectivity index (χ1n) is 8.56. The Morgan fingerprint density at radius 3 is 2.69 bits per heavy atom. The Hall–Kier alpha value is -2.68. The molecule has 0 saturated heterocycles. The standard InChI is InChI=1S/C20H16ClN3O3S2/c21-14-8-9-18(28-12-15-5-3-7-19(22)23-15)16(11-14)24-29(25,26)20-10-13-4-1-2-6-17(13)27-20/h1-11,24H,12H2,(H2,22,23). The summed E-state index contributed by atoms with van der Waals surface area (Å²) in [6, 6.07) is 19.0. The van der Waals surface area contributed by atoms with Gasteiger partial charge in [0.25, 0.3) is 10.0 Å². The van der Waals surface area contributed by atoms with Crippen molar-refractivity contribution in [2.45, 2.75) is 15.7 Å². The van der Waals surface area contributed by atoms with Gasteiger partial charge >= 0.3 is 0 Å². The lowest BCUT2D eigenvalue weighted by atomic mass is 10.3. The number of furan rings is 1. The van der Waals surface area contributed by atoms with Crippen LogP contribution in [0.5, 0.6) is 0 Å². The summed E-state index contributed by atoms with van der Waals surface area (Å²) in [4.78, 5) is 4.97. The van der Waals surface area contributed by atoms with E-state index in [0.29, 0.717) is 38.1 Å². The molecule has 0 aliphatic heterocycles. The number of nitrogens with zero attached hydrogens (tertiary/aromatic N) is 1. The van der Waals surface area contributed by atoms with Gasteiger partial charge in [0.2, 0.25) is 5.09 Å². The summed E-state index contributed by atoms with van der Waals surface area (Å²) in [5.41, 5.74) is 7.37. The minimum absolute atomic E-state index is 0.160. The third kappa shape index (κ3) is 4.50. The van der Waals surface area contributed by atoms with Crippen LogP contribution in [0.3, 0.4) is 0 Å². The molecule has 29 heavy (non-hydrogen) atoms. The minimum atomic E-state index is -3.93. The molecule has 4 aromatic rings. The second kappa shape index (κ2) is 7.98. The molecule has 2 aromatic carbocycles. The second-order valence-electron chi connectivity index (χ2n) is 6.19. The number of para-hydroxylation sites is 1. The smallest absolute Gasteiger partial charge is 0.295 e. The highest BCUT2D eigenvalue weighted by Crippen LogP contribution is 2.34. The molecule has 3 N–H and O–H groups in total. The molecular formula is C20H16ClN3O3S2. The third-order valence-electron chi connectivity index (χ3n) is 4.06. The number of aromatic nitrogens is 1. The molecule has 4 rings (SSSR count). The Kier molecular flexibility index (Phi) is 5.40. The van der Waals surface area contributed by atoms with E-state index in [1.54, 1.807) is 42.5 Å². The zero-order chi connectivity index (χ0) is 20.4. The number of nitrogens with one attached hydrogen (secondary N) is 1. The fraction of sp³-hybridized carbons (Fsp3) is 0.0500. The first-order chi connectivity index (χ1) is 13.9. The maximum absolute atomic E-state index is 12.9. The molecule has 0 radical (unpaired) electrons. The van der Waals surface area contributed by atoms with Crippen molar-refractivity contribution in [3.8, 4) is 0 Å². The quantitative estimate of drug-likeness (QED) is 0.398. The zero-order valence-corrected chi connectivity index (χ0v) is 17.4. The van der Waals surface area contributed by atoms with E-state index in [9.17, 15) is 8.42 Å². The number of halogens is 1. The predicted molar refractivity (Wildman–Crippen MR) is 117 cm³/mol. The zero-order valence-electron chi connectivity index (χ0n) is 15.0. The van der Waals surface area contributed by atoms with Gasteiger partial charge in [-0.3, -0.25) is 4.72 Å². The Bertz CT molecular complexity index is 1260. The fourth-order valence-electron chi connectivity index (χ4n) is 2.72. The van der Waals surface area contributed by atoms with Crippen molar-refractivity contribution in [2.24, 2.45) is 0 Å². The van der Waals surface area contributed by atoms with Crippen LogP contribution in [-0.2, 0) is 15.8 Å². The molecular weight excluding hydrogens is 430 g/mol. The lowest BCUT2D eigenvalue weighted by Gasteiger charge is -2.12. The molecule has 0 atom stereocenters. The van der Waals surface area contributed by atoms with Gasteiger partial charge in [-0.15, -0.1) is 11.8 Å². The monoisotopic (exact) mass is 445 g/mol. The Morgan fingerprint density at radius 1 is 1.07 bits per heavy atom. The number of nitrogen functional groups attached to an aromatic ring is 1. The summed E-state index contributed by atoms with van der Waals surface area (Å²) in [6.45, 7) is 0. The second-order valence-corrected chi connectivity index (χ2v) is 9.26. The van der Waals surface area contributed by atoms with Crippen molar-refractivity contribution in [3.63, 3.8) is 0 Å². The number of anilines is 2. The van der Waals surface area contributed by atoms with Crippen molar-refractivity contribution >= 4 is 55.9 Å². The van der Waals surface area contributed by atoms with Gasteiger partial charge < -0.3 is 10.2 Å². The summed E-state index contributed by atoms with van der Waals surface area (Å²) in [7, 11) is -3.93. The number of sulfonamides is 1. The van der Waals surface area contributed by atoms with Gasteiger partial charge in [0, 0.05) is 27.1 Å². The normalized spacial score (nSPS) is 11.6. The van der Waals surface area contributed by atoms with E-state index in [1.807, 2.05) is 18.2 Å². The Balaban J connectivity index is 1.61. The van der Waals surface area contributed by atoms with Crippen LogP contribution in [0.4, 0.5) is 11.5 Å². The van der Waals surface area contributed by atoms with Crippen LogP contribution in [0.2, 0.25) is 5.02 Å². The average Bonchev–Trinajstić information content (AvgIpc) is 3.12. The molecule has 0 aliphatic carbocycles. The van der Waals surface area contributed by atoms with E-state index >= 15 is 0 Å². The predicted octanol–water partition coefficient (Wildman–Crippen LogP) is 5.16. The average molecular weight is 446 g/mol. The molecule has 0 aliphatic rings. The number of hydrogen-bond acceptors (Lipinski definition) is 6.